The van der Waals surface area contributed by atoms with Crippen molar-refractivity contribution in [3.8, 4) is 0 Å². The van der Waals surface area contributed by atoms with Gasteiger partial charge < -0.3 is 15.0 Å². The third kappa shape index (κ3) is 4.40. The normalized spacial score (nSPS) is 15.7. The smallest absolute Gasteiger partial charge is 0.251 e. The minimum absolute atomic E-state index is 0.0269. The van der Waals surface area contributed by atoms with E-state index in [2.05, 4.69) is 48.3 Å². The van der Waals surface area contributed by atoms with E-state index in [0.717, 1.165) is 44.0 Å². The van der Waals surface area contributed by atoms with Gasteiger partial charge in [-0.2, -0.15) is 0 Å². The van der Waals surface area contributed by atoms with Gasteiger partial charge in [-0.1, -0.05) is 36.8 Å². The molecule has 1 N–H and O–H groups in total. The topological polar surface area (TPSA) is 41.6 Å². The molecular weight excluding hydrogens is 312 g/mol. The van der Waals surface area contributed by atoms with E-state index in [-0.39, 0.29) is 11.9 Å². The maximum Gasteiger partial charge on any atom is 0.251 e. The molecule has 1 saturated heterocycles. The monoisotopic (exact) mass is 338 g/mol. The first-order chi connectivity index (χ1) is 12.2. The van der Waals surface area contributed by atoms with E-state index < -0.39 is 0 Å². The van der Waals surface area contributed by atoms with Crippen molar-refractivity contribution in [1.29, 1.82) is 0 Å². The molecule has 1 atom stereocenters. The first kappa shape index (κ1) is 17.5. The molecule has 25 heavy (non-hydrogen) atoms. The van der Waals surface area contributed by atoms with Crippen LogP contribution < -0.4 is 10.2 Å². The summed E-state index contributed by atoms with van der Waals surface area (Å²) in [6.07, 6.45) is 0.862. The minimum atomic E-state index is -0.0269. The predicted octanol–water partition coefficient (Wildman–Crippen LogP) is 3.71. The Bertz CT molecular complexity index is 689. The summed E-state index contributed by atoms with van der Waals surface area (Å²) in [4.78, 5) is 14.9. The lowest BCUT2D eigenvalue weighted by atomic mass is 10.0. The van der Waals surface area contributed by atoms with E-state index in [4.69, 9.17) is 4.74 Å². The first-order valence-electron chi connectivity index (χ1n) is 8.97. The maximum atomic E-state index is 12.6. The fraction of sp³-hybridized carbons (Fsp3) is 0.381. The van der Waals surface area contributed by atoms with Crippen molar-refractivity contribution in [2.24, 2.45) is 0 Å². The van der Waals surface area contributed by atoms with Gasteiger partial charge >= 0.3 is 0 Å². The maximum absolute atomic E-state index is 12.6. The number of amides is 1. The molecule has 0 aliphatic carbocycles. The summed E-state index contributed by atoms with van der Waals surface area (Å²) < 4.78 is 5.38. The quantitative estimate of drug-likeness (QED) is 0.903. The standard InChI is InChI=1S/C21H26N2O2/c1-3-20(17-6-4-16(2)5-7-17)22-21(24)18-8-10-19(11-9-18)23-12-14-25-15-13-23/h4-11,20H,3,12-15H2,1-2H3,(H,22,24). The number of hydrogen-bond donors (Lipinski definition) is 1. The molecule has 4 nitrogen and oxygen atoms in total. The Morgan fingerprint density at radius 2 is 1.72 bits per heavy atom. The number of carbonyl (C=O) groups is 1. The van der Waals surface area contributed by atoms with Crippen LogP contribution in [0, 0.1) is 6.92 Å². The Hall–Kier alpha value is -2.33. The zero-order valence-electron chi connectivity index (χ0n) is 15.0. The lowest BCUT2D eigenvalue weighted by Crippen LogP contribution is -2.36. The molecule has 1 amide bonds. The second-order valence-electron chi connectivity index (χ2n) is 6.49. The van der Waals surface area contributed by atoms with Gasteiger partial charge in [0.15, 0.2) is 0 Å². The van der Waals surface area contributed by atoms with E-state index in [1.54, 1.807) is 0 Å². The van der Waals surface area contributed by atoms with Crippen LogP contribution in [0.5, 0.6) is 0 Å². The Balaban J connectivity index is 1.66. The number of morpholine rings is 1. The molecule has 1 heterocycles. The lowest BCUT2D eigenvalue weighted by molar-refractivity contribution is 0.0935. The van der Waals surface area contributed by atoms with Crippen LogP contribution in [0.1, 0.15) is 40.9 Å². The fourth-order valence-electron chi connectivity index (χ4n) is 3.11. The van der Waals surface area contributed by atoms with Crippen LogP contribution in [0.4, 0.5) is 5.69 Å². The summed E-state index contributed by atoms with van der Waals surface area (Å²) in [5.41, 5.74) is 4.21. The largest absolute Gasteiger partial charge is 0.378 e. The van der Waals surface area contributed by atoms with Gasteiger partial charge in [0.05, 0.1) is 19.3 Å². The molecule has 2 aromatic carbocycles. The summed E-state index contributed by atoms with van der Waals surface area (Å²) in [7, 11) is 0. The van der Waals surface area contributed by atoms with Crippen LogP contribution in [-0.4, -0.2) is 32.2 Å². The number of nitrogens with one attached hydrogen (secondary N) is 1. The second-order valence-corrected chi connectivity index (χ2v) is 6.49. The third-order valence-electron chi connectivity index (χ3n) is 4.70. The second kappa shape index (κ2) is 8.17. The highest BCUT2D eigenvalue weighted by Gasteiger charge is 2.15. The van der Waals surface area contributed by atoms with Crippen molar-refractivity contribution < 1.29 is 9.53 Å². The van der Waals surface area contributed by atoms with Crippen LogP contribution in [0.25, 0.3) is 0 Å². The molecule has 1 aliphatic rings. The van der Waals surface area contributed by atoms with Crippen LogP contribution in [0.15, 0.2) is 48.5 Å². The van der Waals surface area contributed by atoms with Crippen molar-refractivity contribution in [3.05, 3.63) is 65.2 Å². The van der Waals surface area contributed by atoms with E-state index in [9.17, 15) is 4.79 Å². The van der Waals surface area contributed by atoms with Gasteiger partial charge in [0.25, 0.3) is 5.91 Å². The molecule has 0 radical (unpaired) electrons. The third-order valence-corrected chi connectivity index (χ3v) is 4.70. The minimum Gasteiger partial charge on any atom is -0.378 e. The molecule has 0 aromatic heterocycles. The number of benzene rings is 2. The number of anilines is 1. The Labute approximate surface area is 149 Å². The van der Waals surface area contributed by atoms with Crippen LogP contribution in [0.2, 0.25) is 0 Å². The van der Waals surface area contributed by atoms with E-state index in [0.29, 0.717) is 5.56 Å². The predicted molar refractivity (Wildman–Crippen MR) is 101 cm³/mol. The van der Waals surface area contributed by atoms with Crippen LogP contribution >= 0.6 is 0 Å². The summed E-state index contributed by atoms with van der Waals surface area (Å²) in [6, 6.07) is 16.2. The lowest BCUT2D eigenvalue weighted by Gasteiger charge is -2.28. The molecule has 4 heteroatoms. The molecule has 0 spiro atoms. The first-order valence-corrected chi connectivity index (χ1v) is 8.97. The van der Waals surface area contributed by atoms with Crippen molar-refractivity contribution in [3.63, 3.8) is 0 Å². The van der Waals surface area contributed by atoms with Crippen LogP contribution in [-0.2, 0) is 4.74 Å². The van der Waals surface area contributed by atoms with Gasteiger partial charge in [0, 0.05) is 24.3 Å². The number of hydrogen-bond acceptors (Lipinski definition) is 3. The van der Waals surface area contributed by atoms with Crippen molar-refractivity contribution in [2.75, 3.05) is 31.2 Å². The van der Waals surface area contributed by atoms with Gasteiger partial charge in [-0.3, -0.25) is 4.79 Å². The zero-order chi connectivity index (χ0) is 17.6. The van der Waals surface area contributed by atoms with Gasteiger partial charge in [0.1, 0.15) is 0 Å². The Morgan fingerprint density at radius 3 is 2.32 bits per heavy atom. The molecule has 1 aliphatic heterocycles. The summed E-state index contributed by atoms with van der Waals surface area (Å²) in [5.74, 6) is -0.0269. The molecule has 3 rings (SSSR count). The number of aryl methyl sites for hydroxylation is 1. The average Bonchev–Trinajstić information content (AvgIpc) is 2.67. The van der Waals surface area contributed by atoms with Gasteiger partial charge in [-0.25, -0.2) is 0 Å². The molecule has 1 fully saturated rings. The van der Waals surface area contributed by atoms with E-state index in [1.165, 1.54) is 5.56 Å². The van der Waals surface area contributed by atoms with Gasteiger partial charge in [0.2, 0.25) is 0 Å². The van der Waals surface area contributed by atoms with Crippen molar-refractivity contribution >= 4 is 11.6 Å². The van der Waals surface area contributed by atoms with E-state index in [1.807, 2.05) is 24.3 Å². The van der Waals surface area contributed by atoms with Crippen molar-refractivity contribution in [2.45, 2.75) is 26.3 Å². The summed E-state index contributed by atoms with van der Waals surface area (Å²) in [5, 5.41) is 3.15. The molecule has 0 bridgehead atoms. The van der Waals surface area contributed by atoms with E-state index >= 15 is 0 Å². The van der Waals surface area contributed by atoms with Crippen molar-refractivity contribution in [1.82, 2.24) is 5.32 Å². The van der Waals surface area contributed by atoms with Gasteiger partial charge in [-0.15, -0.1) is 0 Å². The Kier molecular flexibility index (Phi) is 5.71. The average molecular weight is 338 g/mol. The summed E-state index contributed by atoms with van der Waals surface area (Å²) >= 11 is 0. The SMILES string of the molecule is CCC(NC(=O)c1ccc(N2CCOCC2)cc1)c1ccc(C)cc1. The summed E-state index contributed by atoms with van der Waals surface area (Å²) in [6.45, 7) is 7.48. The number of carbonyl (C=O) groups excluding carboxylic acids is 1. The fourth-order valence-corrected chi connectivity index (χ4v) is 3.11. The number of rotatable bonds is 5. The highest BCUT2D eigenvalue weighted by atomic mass is 16.5. The molecule has 2 aromatic rings. The van der Waals surface area contributed by atoms with Gasteiger partial charge in [-0.05, 0) is 43.2 Å². The molecule has 1 unspecified atom stereocenters. The number of ether oxygens (including phenoxy) is 1. The molecule has 0 saturated carbocycles. The number of nitrogens with zero attached hydrogens (tertiary/aromatic N) is 1. The van der Waals surface area contributed by atoms with Crippen LogP contribution in [0.3, 0.4) is 0 Å². The highest BCUT2D eigenvalue weighted by Crippen LogP contribution is 2.20. The molecular formula is C21H26N2O2. The highest BCUT2D eigenvalue weighted by molar-refractivity contribution is 5.94. The molecule has 132 valence electrons. The zero-order valence-corrected chi connectivity index (χ0v) is 15.0. The Morgan fingerprint density at radius 1 is 1.08 bits per heavy atom.